The van der Waals surface area contributed by atoms with Crippen molar-refractivity contribution in [1.29, 1.82) is 5.26 Å². The van der Waals surface area contributed by atoms with Crippen LogP contribution in [0.5, 0.6) is 0 Å². The van der Waals surface area contributed by atoms with E-state index in [2.05, 4.69) is 5.10 Å². The summed E-state index contributed by atoms with van der Waals surface area (Å²) in [5, 5.41) is 13.0. The molecule has 18 heavy (non-hydrogen) atoms. The number of hydrogen-bond donors (Lipinski definition) is 0. The van der Waals surface area contributed by atoms with Crippen LogP contribution < -0.4 is 0 Å². The van der Waals surface area contributed by atoms with Crippen molar-refractivity contribution in [2.45, 2.75) is 27.7 Å². The third-order valence-electron chi connectivity index (χ3n) is 2.42. The topological polar surface area (TPSA) is 41.6 Å². The largest absolute Gasteiger partial charge is 0.240 e. The molecule has 0 spiro atoms. The fourth-order valence-corrected chi connectivity index (χ4v) is 1.45. The van der Waals surface area contributed by atoms with E-state index >= 15 is 0 Å². The molecule has 1 heterocycles. The van der Waals surface area contributed by atoms with Crippen molar-refractivity contribution in [2.24, 2.45) is 0 Å². The first-order chi connectivity index (χ1) is 8.60. The van der Waals surface area contributed by atoms with Crippen molar-refractivity contribution >= 4 is 0 Å². The highest BCUT2D eigenvalue weighted by Gasteiger charge is 2.05. The van der Waals surface area contributed by atoms with Crippen LogP contribution in [0.2, 0.25) is 0 Å². The van der Waals surface area contributed by atoms with Crippen LogP contribution in [0.3, 0.4) is 0 Å². The van der Waals surface area contributed by atoms with E-state index < -0.39 is 5.82 Å². The number of benzene rings is 1. The molecule has 0 N–H and O–H groups in total. The second-order valence-electron chi connectivity index (χ2n) is 3.65. The van der Waals surface area contributed by atoms with Gasteiger partial charge in [-0.1, -0.05) is 13.8 Å². The van der Waals surface area contributed by atoms with Gasteiger partial charge in [0.2, 0.25) is 0 Å². The zero-order valence-electron chi connectivity index (χ0n) is 11.0. The van der Waals surface area contributed by atoms with Crippen LogP contribution in [-0.4, -0.2) is 9.78 Å². The fourth-order valence-electron chi connectivity index (χ4n) is 1.45. The Balaban J connectivity index is 0.000000771. The van der Waals surface area contributed by atoms with Gasteiger partial charge in [0.25, 0.3) is 0 Å². The van der Waals surface area contributed by atoms with Gasteiger partial charge in [-0.25, -0.2) is 9.07 Å². The van der Waals surface area contributed by atoms with Gasteiger partial charge in [0, 0.05) is 6.20 Å². The maximum atomic E-state index is 13.2. The predicted molar refractivity (Wildman–Crippen MR) is 69.1 cm³/mol. The number of aromatic nitrogens is 2. The second-order valence-corrected chi connectivity index (χ2v) is 3.65. The first kappa shape index (κ1) is 13.9. The Hall–Kier alpha value is -2.15. The third-order valence-corrected chi connectivity index (χ3v) is 2.42. The highest BCUT2D eigenvalue weighted by Crippen LogP contribution is 2.14. The van der Waals surface area contributed by atoms with Gasteiger partial charge in [-0.15, -0.1) is 0 Å². The van der Waals surface area contributed by atoms with Crippen LogP contribution in [0, 0.1) is 31.0 Å². The van der Waals surface area contributed by atoms with Crippen molar-refractivity contribution in [3.05, 3.63) is 47.0 Å². The predicted octanol–water partition coefficient (Wildman–Crippen LogP) is 3.53. The number of nitrogens with zero attached hydrogens (tertiary/aromatic N) is 3. The Kier molecular flexibility index (Phi) is 4.61. The number of halogens is 1. The molecule has 1 aromatic heterocycles. The summed E-state index contributed by atoms with van der Waals surface area (Å²) in [5.74, 6) is -0.431. The lowest BCUT2D eigenvalue weighted by atomic mass is 10.2. The summed E-state index contributed by atoms with van der Waals surface area (Å²) >= 11 is 0. The normalized spacial score (nSPS) is 9.33. The smallest absolute Gasteiger partial charge is 0.126 e. The van der Waals surface area contributed by atoms with Crippen LogP contribution in [0.1, 0.15) is 30.7 Å². The van der Waals surface area contributed by atoms with Gasteiger partial charge >= 0.3 is 0 Å². The molecule has 0 amide bonds. The van der Waals surface area contributed by atoms with Crippen LogP contribution in [0.4, 0.5) is 4.39 Å². The van der Waals surface area contributed by atoms with E-state index in [0.29, 0.717) is 11.3 Å². The highest BCUT2D eigenvalue weighted by molar-refractivity contribution is 5.42. The van der Waals surface area contributed by atoms with Crippen molar-refractivity contribution in [1.82, 2.24) is 9.78 Å². The maximum absolute atomic E-state index is 13.2. The third kappa shape index (κ3) is 2.95. The molecule has 0 aliphatic rings. The highest BCUT2D eigenvalue weighted by atomic mass is 19.1. The molecule has 0 saturated carbocycles. The van der Waals surface area contributed by atoms with Crippen molar-refractivity contribution < 1.29 is 4.39 Å². The minimum atomic E-state index is -0.431. The number of rotatable bonds is 1. The maximum Gasteiger partial charge on any atom is 0.126 e. The quantitative estimate of drug-likeness (QED) is 0.771. The van der Waals surface area contributed by atoms with Crippen molar-refractivity contribution in [3.63, 3.8) is 0 Å². The zero-order chi connectivity index (χ0) is 13.7. The summed E-state index contributed by atoms with van der Waals surface area (Å²) in [4.78, 5) is 0. The molecule has 0 radical (unpaired) electrons. The van der Waals surface area contributed by atoms with Gasteiger partial charge in [-0.05, 0) is 37.6 Å². The fraction of sp³-hybridized carbons (Fsp3) is 0.286. The molecular weight excluding hydrogens is 229 g/mol. The van der Waals surface area contributed by atoms with Crippen LogP contribution >= 0.6 is 0 Å². The standard InChI is InChI=1S/C12H10FN3.C2H6/c1-8-7-16(15-9(8)2)12-4-10(6-14)3-11(13)5-12;1-2/h3-5,7H,1-2H3;1-2H3. The molecule has 3 nitrogen and oxygen atoms in total. The molecule has 0 bridgehead atoms. The average molecular weight is 245 g/mol. The van der Waals surface area contributed by atoms with Crippen molar-refractivity contribution in [2.75, 3.05) is 0 Å². The van der Waals surface area contributed by atoms with Crippen LogP contribution in [-0.2, 0) is 0 Å². The van der Waals surface area contributed by atoms with Gasteiger partial charge in [-0.3, -0.25) is 0 Å². The summed E-state index contributed by atoms with van der Waals surface area (Å²) in [6.07, 6.45) is 1.81. The molecule has 2 aromatic rings. The Morgan fingerprint density at radius 1 is 1.22 bits per heavy atom. The van der Waals surface area contributed by atoms with Crippen LogP contribution in [0.15, 0.2) is 24.4 Å². The molecule has 4 heteroatoms. The lowest BCUT2D eigenvalue weighted by Gasteiger charge is -2.01. The summed E-state index contributed by atoms with van der Waals surface area (Å²) in [6, 6.07) is 6.08. The molecule has 0 aliphatic carbocycles. The molecule has 0 aliphatic heterocycles. The Bertz CT molecular complexity index is 560. The van der Waals surface area contributed by atoms with Crippen molar-refractivity contribution in [3.8, 4) is 11.8 Å². The van der Waals surface area contributed by atoms with E-state index in [0.717, 1.165) is 11.3 Å². The minimum Gasteiger partial charge on any atom is -0.240 e. The monoisotopic (exact) mass is 245 g/mol. The first-order valence-corrected chi connectivity index (χ1v) is 5.84. The van der Waals surface area contributed by atoms with Gasteiger partial charge < -0.3 is 0 Å². The lowest BCUT2D eigenvalue weighted by Crippen LogP contribution is -1.96. The molecule has 0 fully saturated rings. The van der Waals surface area contributed by atoms with E-state index in [1.54, 1.807) is 10.7 Å². The second kappa shape index (κ2) is 5.97. The summed E-state index contributed by atoms with van der Waals surface area (Å²) < 4.78 is 14.8. The zero-order valence-corrected chi connectivity index (χ0v) is 11.0. The van der Waals surface area contributed by atoms with E-state index in [-0.39, 0.29) is 0 Å². The van der Waals surface area contributed by atoms with E-state index in [1.807, 2.05) is 40.0 Å². The Morgan fingerprint density at radius 2 is 1.89 bits per heavy atom. The SMILES string of the molecule is CC.Cc1cn(-c2cc(F)cc(C#N)c2)nc1C. The lowest BCUT2D eigenvalue weighted by molar-refractivity contribution is 0.625. The molecule has 0 saturated heterocycles. The summed E-state index contributed by atoms with van der Waals surface area (Å²) in [6.45, 7) is 7.82. The molecular formula is C14H16FN3. The molecule has 0 unspecified atom stereocenters. The van der Waals surface area contributed by atoms with Gasteiger partial charge in [0.15, 0.2) is 0 Å². The number of nitriles is 1. The molecule has 1 aromatic carbocycles. The summed E-state index contributed by atoms with van der Waals surface area (Å²) in [7, 11) is 0. The van der Waals surface area contributed by atoms with Gasteiger partial charge in [0.1, 0.15) is 5.82 Å². The average Bonchev–Trinajstić information content (AvgIpc) is 2.71. The van der Waals surface area contributed by atoms with Gasteiger partial charge in [0.05, 0.1) is 23.0 Å². The van der Waals surface area contributed by atoms with Gasteiger partial charge in [-0.2, -0.15) is 10.4 Å². The molecule has 94 valence electrons. The van der Waals surface area contributed by atoms with Crippen LogP contribution in [0.25, 0.3) is 5.69 Å². The first-order valence-electron chi connectivity index (χ1n) is 5.84. The Morgan fingerprint density at radius 3 is 2.39 bits per heavy atom. The minimum absolute atomic E-state index is 0.292. The molecule has 0 atom stereocenters. The number of aryl methyl sites for hydroxylation is 2. The Labute approximate surface area is 106 Å². The summed E-state index contributed by atoms with van der Waals surface area (Å²) in [5.41, 5.74) is 2.78. The number of hydrogen-bond acceptors (Lipinski definition) is 2. The van der Waals surface area contributed by atoms with E-state index in [4.69, 9.17) is 5.26 Å². The molecule has 2 rings (SSSR count). The van der Waals surface area contributed by atoms with E-state index in [9.17, 15) is 4.39 Å². The van der Waals surface area contributed by atoms with E-state index in [1.165, 1.54) is 12.1 Å².